The Kier molecular flexibility index (Phi) is 6.11. The molecule has 0 radical (unpaired) electrons. The molecule has 3 atom stereocenters. The van der Waals surface area contributed by atoms with Gasteiger partial charge in [-0.3, -0.25) is 0 Å². The molecule has 3 rings (SSSR count). The highest BCUT2D eigenvalue weighted by Crippen LogP contribution is 2.35. The van der Waals surface area contributed by atoms with Gasteiger partial charge in [0.25, 0.3) is 0 Å². The summed E-state index contributed by atoms with van der Waals surface area (Å²) in [5, 5.41) is 10.4. The normalized spacial score (nSPS) is 24.0. The number of aliphatic hydroxyl groups is 1. The zero-order valence-electron chi connectivity index (χ0n) is 13.0. The van der Waals surface area contributed by atoms with Crippen LogP contribution in [0.2, 0.25) is 0 Å². The summed E-state index contributed by atoms with van der Waals surface area (Å²) in [4.78, 5) is 0. The molecule has 0 aliphatic carbocycles. The number of hydrogen-bond donors (Lipinski definition) is 1. The van der Waals surface area contributed by atoms with E-state index >= 15 is 0 Å². The minimum Gasteiger partial charge on any atom is -0.380 e. The molecule has 1 fully saturated rings. The van der Waals surface area contributed by atoms with Gasteiger partial charge >= 0.3 is 0 Å². The minimum absolute atomic E-state index is 0.120. The fraction of sp³-hybridized carbons (Fsp3) is 0.368. The van der Waals surface area contributed by atoms with Gasteiger partial charge in [-0.25, -0.2) is 0 Å². The van der Waals surface area contributed by atoms with Crippen molar-refractivity contribution in [1.82, 2.24) is 0 Å². The van der Waals surface area contributed by atoms with Crippen molar-refractivity contribution in [2.75, 3.05) is 6.61 Å². The lowest BCUT2D eigenvalue weighted by Gasteiger charge is -2.14. The molecule has 0 amide bonds. The molecule has 4 heteroatoms. The van der Waals surface area contributed by atoms with Crippen LogP contribution in [-0.2, 0) is 22.7 Å². The van der Waals surface area contributed by atoms with Gasteiger partial charge in [-0.15, -0.1) is 11.8 Å². The minimum atomic E-state index is -0.468. The number of benzene rings is 2. The van der Waals surface area contributed by atoms with E-state index in [1.807, 2.05) is 48.5 Å². The Hall–Kier alpha value is -1.33. The highest BCUT2D eigenvalue weighted by Gasteiger charge is 2.34. The third-order valence-electron chi connectivity index (χ3n) is 3.87. The van der Waals surface area contributed by atoms with Crippen molar-refractivity contribution >= 4 is 11.8 Å². The molecule has 1 aliphatic heterocycles. The molecule has 1 heterocycles. The average Bonchev–Trinajstić information content (AvgIpc) is 2.95. The van der Waals surface area contributed by atoms with Crippen molar-refractivity contribution < 1.29 is 14.6 Å². The van der Waals surface area contributed by atoms with Crippen LogP contribution in [0.5, 0.6) is 0 Å². The molecule has 2 aromatic rings. The predicted octanol–water partition coefficient (Wildman–Crippen LogP) is 3.61. The SMILES string of the molecule is OC1SC(COCc2ccccc2)CC1OCc1ccccc1. The predicted molar refractivity (Wildman–Crippen MR) is 93.1 cm³/mol. The van der Waals surface area contributed by atoms with Crippen molar-refractivity contribution in [3.8, 4) is 0 Å². The lowest BCUT2D eigenvalue weighted by atomic mass is 10.2. The zero-order chi connectivity index (χ0) is 15.9. The molecule has 2 aromatic carbocycles. The Labute approximate surface area is 141 Å². The zero-order valence-corrected chi connectivity index (χ0v) is 13.8. The van der Waals surface area contributed by atoms with Crippen LogP contribution >= 0.6 is 11.8 Å². The van der Waals surface area contributed by atoms with Gasteiger partial charge in [0.1, 0.15) is 5.44 Å². The lowest BCUT2D eigenvalue weighted by molar-refractivity contribution is -0.0108. The van der Waals surface area contributed by atoms with Gasteiger partial charge in [0.15, 0.2) is 0 Å². The summed E-state index contributed by atoms with van der Waals surface area (Å²) in [6, 6.07) is 20.2. The highest BCUT2D eigenvalue weighted by atomic mass is 32.2. The van der Waals surface area contributed by atoms with Gasteiger partial charge in [-0.1, -0.05) is 60.7 Å². The van der Waals surface area contributed by atoms with Gasteiger partial charge in [0.05, 0.1) is 25.9 Å². The van der Waals surface area contributed by atoms with Gasteiger partial charge in [0, 0.05) is 5.25 Å². The second kappa shape index (κ2) is 8.50. The summed E-state index contributed by atoms with van der Waals surface area (Å²) in [6.07, 6.45) is 0.707. The van der Waals surface area contributed by atoms with Crippen molar-refractivity contribution in [3.63, 3.8) is 0 Å². The Morgan fingerprint density at radius 2 is 1.52 bits per heavy atom. The smallest absolute Gasteiger partial charge is 0.126 e. The van der Waals surface area contributed by atoms with Gasteiger partial charge < -0.3 is 14.6 Å². The molecule has 23 heavy (non-hydrogen) atoms. The standard InChI is InChI=1S/C19H22O3S/c20-19-18(22-13-16-9-5-2-6-10-16)11-17(23-19)14-21-12-15-7-3-1-4-8-15/h1-10,17-20H,11-14H2. The molecule has 0 spiro atoms. The molecule has 0 saturated carbocycles. The van der Waals surface area contributed by atoms with E-state index in [1.54, 1.807) is 11.8 Å². The van der Waals surface area contributed by atoms with E-state index in [0.29, 0.717) is 19.8 Å². The summed E-state index contributed by atoms with van der Waals surface area (Å²) in [5.41, 5.74) is 1.84. The summed E-state index contributed by atoms with van der Waals surface area (Å²) >= 11 is 1.55. The first-order valence-corrected chi connectivity index (χ1v) is 8.86. The molecule has 1 N–H and O–H groups in total. The van der Waals surface area contributed by atoms with E-state index in [9.17, 15) is 5.11 Å². The van der Waals surface area contributed by atoms with Crippen molar-refractivity contribution in [3.05, 3.63) is 71.8 Å². The molecular formula is C19H22O3S. The molecule has 0 aromatic heterocycles. The Balaban J connectivity index is 1.39. The van der Waals surface area contributed by atoms with E-state index in [0.717, 1.165) is 12.0 Å². The summed E-state index contributed by atoms with van der Waals surface area (Å²) in [7, 11) is 0. The lowest BCUT2D eigenvalue weighted by Crippen LogP contribution is -2.21. The Morgan fingerprint density at radius 1 is 0.913 bits per heavy atom. The Morgan fingerprint density at radius 3 is 2.17 bits per heavy atom. The molecule has 3 unspecified atom stereocenters. The highest BCUT2D eigenvalue weighted by molar-refractivity contribution is 8.00. The number of rotatable bonds is 7. The van der Waals surface area contributed by atoms with E-state index < -0.39 is 5.44 Å². The van der Waals surface area contributed by atoms with E-state index in [2.05, 4.69) is 12.1 Å². The second-order valence-electron chi connectivity index (χ2n) is 5.72. The molecule has 0 bridgehead atoms. The average molecular weight is 330 g/mol. The number of thioether (sulfide) groups is 1. The van der Waals surface area contributed by atoms with Crippen LogP contribution in [0.3, 0.4) is 0 Å². The molecule has 1 saturated heterocycles. The molecule has 3 nitrogen and oxygen atoms in total. The van der Waals surface area contributed by atoms with E-state index in [1.165, 1.54) is 5.56 Å². The molecule has 1 aliphatic rings. The van der Waals surface area contributed by atoms with Gasteiger partial charge in [-0.2, -0.15) is 0 Å². The maximum Gasteiger partial charge on any atom is 0.126 e. The van der Waals surface area contributed by atoms with Crippen LogP contribution in [0.4, 0.5) is 0 Å². The summed E-state index contributed by atoms with van der Waals surface area (Å²) in [5.74, 6) is 0. The fourth-order valence-electron chi connectivity index (χ4n) is 2.63. The van der Waals surface area contributed by atoms with Crippen molar-refractivity contribution in [1.29, 1.82) is 0 Å². The quantitative estimate of drug-likeness (QED) is 0.842. The van der Waals surface area contributed by atoms with E-state index in [-0.39, 0.29) is 11.4 Å². The van der Waals surface area contributed by atoms with Crippen LogP contribution in [0, 0.1) is 0 Å². The number of hydrogen-bond acceptors (Lipinski definition) is 4. The Bertz CT molecular complexity index is 576. The van der Waals surface area contributed by atoms with Gasteiger partial charge in [-0.05, 0) is 17.5 Å². The van der Waals surface area contributed by atoms with Crippen molar-refractivity contribution in [2.24, 2.45) is 0 Å². The van der Waals surface area contributed by atoms with Crippen LogP contribution in [-0.4, -0.2) is 28.5 Å². The number of aliphatic hydroxyl groups excluding tert-OH is 1. The van der Waals surface area contributed by atoms with Gasteiger partial charge in [0.2, 0.25) is 0 Å². The largest absolute Gasteiger partial charge is 0.380 e. The van der Waals surface area contributed by atoms with Crippen LogP contribution in [0.25, 0.3) is 0 Å². The third-order valence-corrected chi connectivity index (χ3v) is 5.16. The maximum atomic E-state index is 10.1. The molecule has 122 valence electrons. The van der Waals surface area contributed by atoms with E-state index in [4.69, 9.17) is 9.47 Å². The topological polar surface area (TPSA) is 38.7 Å². The number of ether oxygens (including phenoxy) is 2. The third kappa shape index (κ3) is 5.08. The first-order chi connectivity index (χ1) is 11.3. The first kappa shape index (κ1) is 16.5. The van der Waals surface area contributed by atoms with Crippen LogP contribution in [0.1, 0.15) is 17.5 Å². The second-order valence-corrected chi connectivity index (χ2v) is 7.14. The first-order valence-electron chi connectivity index (χ1n) is 7.92. The maximum absolute atomic E-state index is 10.1. The van der Waals surface area contributed by atoms with Crippen LogP contribution < -0.4 is 0 Å². The fourth-order valence-corrected chi connectivity index (χ4v) is 3.87. The summed E-state index contributed by atoms with van der Waals surface area (Å²) in [6.45, 7) is 1.80. The summed E-state index contributed by atoms with van der Waals surface area (Å²) < 4.78 is 11.6. The van der Waals surface area contributed by atoms with Crippen LogP contribution in [0.15, 0.2) is 60.7 Å². The van der Waals surface area contributed by atoms with Crippen molar-refractivity contribution in [2.45, 2.75) is 36.4 Å². The monoisotopic (exact) mass is 330 g/mol. The molecular weight excluding hydrogens is 308 g/mol.